The van der Waals surface area contributed by atoms with E-state index in [1.807, 2.05) is 0 Å². The van der Waals surface area contributed by atoms with E-state index in [0.29, 0.717) is 10.6 Å². The summed E-state index contributed by atoms with van der Waals surface area (Å²) in [5.74, 6) is 0.128. The van der Waals surface area contributed by atoms with Crippen molar-refractivity contribution in [1.29, 1.82) is 0 Å². The first kappa shape index (κ1) is 17.0. The molecule has 1 aliphatic carbocycles. The molecule has 122 valence electrons. The molecular weight excluding hydrogens is 300 g/mol. The molecule has 3 atom stereocenters. The molecule has 3 N–H and O–H groups in total. The van der Waals surface area contributed by atoms with Gasteiger partial charge >= 0.3 is 6.03 Å². The number of hydrogen-bond acceptors (Lipinski definition) is 3. The Hall–Kier alpha value is -1.40. The Kier molecular flexibility index (Phi) is 6.39. The number of amides is 2. The van der Waals surface area contributed by atoms with Gasteiger partial charge in [0.1, 0.15) is 0 Å². The summed E-state index contributed by atoms with van der Waals surface area (Å²) in [5.41, 5.74) is 0.624. The molecule has 1 aliphatic rings. The van der Waals surface area contributed by atoms with E-state index in [-0.39, 0.29) is 24.6 Å². The van der Waals surface area contributed by atoms with Crippen molar-refractivity contribution in [2.75, 3.05) is 18.2 Å². The molecule has 0 bridgehead atoms. The minimum Gasteiger partial charge on any atom is -0.396 e. The molecule has 0 saturated heterocycles. The second-order valence-electron chi connectivity index (χ2n) is 5.77. The van der Waals surface area contributed by atoms with Crippen molar-refractivity contribution >= 4 is 22.5 Å². The lowest BCUT2D eigenvalue weighted by atomic mass is 9.96. The number of aliphatic hydroxyl groups is 1. The first-order valence-electron chi connectivity index (χ1n) is 7.72. The first-order chi connectivity index (χ1) is 10.6. The van der Waals surface area contributed by atoms with Gasteiger partial charge in [0.05, 0.1) is 0 Å². The van der Waals surface area contributed by atoms with Crippen LogP contribution in [0.2, 0.25) is 0 Å². The molecule has 6 heteroatoms. The summed E-state index contributed by atoms with van der Waals surface area (Å²) in [7, 11) is -1.07. The van der Waals surface area contributed by atoms with Crippen molar-refractivity contribution in [3.05, 3.63) is 24.3 Å². The molecule has 0 radical (unpaired) electrons. The Morgan fingerprint density at radius 2 is 2.09 bits per heavy atom. The number of anilines is 1. The Morgan fingerprint density at radius 3 is 2.82 bits per heavy atom. The summed E-state index contributed by atoms with van der Waals surface area (Å²) in [4.78, 5) is 12.8. The summed E-state index contributed by atoms with van der Waals surface area (Å²) >= 11 is 0. The van der Waals surface area contributed by atoms with Gasteiger partial charge in [0, 0.05) is 46.2 Å². The molecule has 3 unspecified atom stereocenters. The fourth-order valence-corrected chi connectivity index (χ4v) is 3.44. The van der Waals surface area contributed by atoms with Crippen molar-refractivity contribution in [2.45, 2.75) is 43.0 Å². The molecule has 0 aromatic heterocycles. The van der Waals surface area contributed by atoms with Gasteiger partial charge in [-0.1, -0.05) is 25.3 Å². The summed E-state index contributed by atoms with van der Waals surface area (Å²) in [6.45, 7) is 0.106. The van der Waals surface area contributed by atoms with Crippen LogP contribution in [-0.4, -0.2) is 34.3 Å². The molecule has 22 heavy (non-hydrogen) atoms. The largest absolute Gasteiger partial charge is 0.396 e. The van der Waals surface area contributed by atoms with E-state index in [0.717, 1.165) is 32.1 Å². The Bertz CT molecular complexity index is 536. The normalized spacial score (nSPS) is 23.4. The van der Waals surface area contributed by atoms with Gasteiger partial charge < -0.3 is 15.7 Å². The molecule has 0 aliphatic heterocycles. The molecule has 1 aromatic carbocycles. The third-order valence-electron chi connectivity index (χ3n) is 4.13. The van der Waals surface area contributed by atoms with E-state index < -0.39 is 10.8 Å². The van der Waals surface area contributed by atoms with E-state index >= 15 is 0 Å². The Morgan fingerprint density at radius 1 is 1.32 bits per heavy atom. The lowest BCUT2D eigenvalue weighted by Crippen LogP contribution is -2.43. The highest BCUT2D eigenvalue weighted by Gasteiger charge is 2.24. The Balaban J connectivity index is 1.96. The number of carbonyl (C=O) groups is 1. The maximum absolute atomic E-state index is 12.2. The number of hydrogen-bond donors (Lipinski definition) is 3. The third kappa shape index (κ3) is 4.81. The van der Waals surface area contributed by atoms with Gasteiger partial charge in [-0.25, -0.2) is 4.79 Å². The van der Waals surface area contributed by atoms with Crippen LogP contribution in [0.3, 0.4) is 0 Å². The van der Waals surface area contributed by atoms with E-state index in [1.54, 1.807) is 30.5 Å². The second-order valence-corrected chi connectivity index (χ2v) is 7.15. The monoisotopic (exact) mass is 324 g/mol. The van der Waals surface area contributed by atoms with Gasteiger partial charge in [0.25, 0.3) is 0 Å². The fourth-order valence-electron chi connectivity index (χ4n) is 2.88. The lowest BCUT2D eigenvalue weighted by Gasteiger charge is -2.24. The zero-order valence-corrected chi connectivity index (χ0v) is 13.7. The zero-order valence-electron chi connectivity index (χ0n) is 12.9. The number of rotatable bonds is 4. The average molecular weight is 324 g/mol. The predicted molar refractivity (Wildman–Crippen MR) is 88.4 cm³/mol. The van der Waals surface area contributed by atoms with Gasteiger partial charge in [-0.05, 0) is 31.0 Å². The van der Waals surface area contributed by atoms with Crippen LogP contribution in [0.15, 0.2) is 29.2 Å². The van der Waals surface area contributed by atoms with Crippen LogP contribution < -0.4 is 10.6 Å². The van der Waals surface area contributed by atoms with E-state index in [1.165, 1.54) is 0 Å². The van der Waals surface area contributed by atoms with E-state index in [2.05, 4.69) is 10.6 Å². The van der Waals surface area contributed by atoms with Gasteiger partial charge in [-0.3, -0.25) is 4.21 Å². The number of urea groups is 1. The molecule has 2 amide bonds. The fraction of sp³-hybridized carbons (Fsp3) is 0.562. The third-order valence-corrected chi connectivity index (χ3v) is 5.05. The molecule has 0 spiro atoms. The molecule has 5 nitrogen and oxygen atoms in total. The maximum Gasteiger partial charge on any atom is 0.319 e. The quantitative estimate of drug-likeness (QED) is 0.745. The average Bonchev–Trinajstić information content (AvgIpc) is 2.72. The molecule has 2 rings (SSSR count). The van der Waals surface area contributed by atoms with E-state index in [4.69, 9.17) is 0 Å². The smallest absolute Gasteiger partial charge is 0.319 e. The minimum atomic E-state index is -1.07. The number of benzene rings is 1. The topological polar surface area (TPSA) is 78.4 Å². The van der Waals surface area contributed by atoms with Crippen LogP contribution in [0, 0.1) is 5.92 Å². The first-order valence-corrected chi connectivity index (χ1v) is 9.28. The highest BCUT2D eigenvalue weighted by Crippen LogP contribution is 2.23. The molecule has 1 saturated carbocycles. The molecule has 0 heterocycles. The SMILES string of the molecule is CS(=O)c1cccc(NC(=O)NC2CCCCCC2CO)c1. The summed E-state index contributed by atoms with van der Waals surface area (Å²) in [6, 6.07) is 6.76. The van der Waals surface area contributed by atoms with Crippen LogP contribution in [0.25, 0.3) is 0 Å². The maximum atomic E-state index is 12.2. The van der Waals surface area contributed by atoms with Crippen LogP contribution in [0.1, 0.15) is 32.1 Å². The van der Waals surface area contributed by atoms with E-state index in [9.17, 15) is 14.1 Å². The van der Waals surface area contributed by atoms with Gasteiger partial charge in [-0.2, -0.15) is 0 Å². The molecule has 1 aromatic rings. The van der Waals surface area contributed by atoms with Crippen molar-refractivity contribution in [3.63, 3.8) is 0 Å². The lowest BCUT2D eigenvalue weighted by molar-refractivity contribution is 0.182. The minimum absolute atomic E-state index is 0.0102. The van der Waals surface area contributed by atoms with Gasteiger partial charge in [0.2, 0.25) is 0 Å². The van der Waals surface area contributed by atoms with Gasteiger partial charge in [0.15, 0.2) is 0 Å². The summed E-state index contributed by atoms with van der Waals surface area (Å²) in [6.07, 6.45) is 6.79. The number of nitrogens with one attached hydrogen (secondary N) is 2. The van der Waals surface area contributed by atoms with Crippen molar-refractivity contribution in [3.8, 4) is 0 Å². The Labute approximate surface area is 134 Å². The standard InChI is InChI=1S/C16H24N2O3S/c1-22(21)14-8-5-7-13(10-14)17-16(20)18-15-9-4-2-3-6-12(15)11-19/h5,7-8,10,12,15,19H,2-4,6,9,11H2,1H3,(H2,17,18,20). The van der Waals surface area contributed by atoms with Crippen molar-refractivity contribution in [2.24, 2.45) is 5.92 Å². The van der Waals surface area contributed by atoms with Crippen LogP contribution in [0.4, 0.5) is 10.5 Å². The summed E-state index contributed by atoms with van der Waals surface area (Å²) in [5, 5.41) is 15.2. The highest BCUT2D eigenvalue weighted by molar-refractivity contribution is 7.84. The number of carbonyl (C=O) groups excluding carboxylic acids is 1. The highest BCUT2D eigenvalue weighted by atomic mass is 32.2. The molecular formula is C16H24N2O3S. The second kappa shape index (κ2) is 8.29. The van der Waals surface area contributed by atoms with Crippen molar-refractivity contribution in [1.82, 2.24) is 5.32 Å². The van der Waals surface area contributed by atoms with Crippen LogP contribution in [-0.2, 0) is 10.8 Å². The van der Waals surface area contributed by atoms with Crippen LogP contribution in [0.5, 0.6) is 0 Å². The van der Waals surface area contributed by atoms with Crippen molar-refractivity contribution < 1.29 is 14.1 Å². The molecule has 1 fully saturated rings. The summed E-state index contributed by atoms with van der Waals surface area (Å²) < 4.78 is 11.5. The predicted octanol–water partition coefficient (Wildman–Crippen LogP) is 2.49. The zero-order chi connectivity index (χ0) is 15.9. The van der Waals surface area contributed by atoms with Gasteiger partial charge in [-0.15, -0.1) is 0 Å². The van der Waals surface area contributed by atoms with Crippen LogP contribution >= 0.6 is 0 Å². The number of aliphatic hydroxyl groups excluding tert-OH is 1.